The van der Waals surface area contributed by atoms with E-state index < -0.39 is 17.6 Å². The van der Waals surface area contributed by atoms with Crippen molar-refractivity contribution in [1.29, 1.82) is 0 Å². The fourth-order valence-corrected chi connectivity index (χ4v) is 6.96. The predicted molar refractivity (Wildman–Crippen MR) is 182 cm³/mol. The van der Waals surface area contributed by atoms with Crippen LogP contribution in [0.25, 0.3) is 5.69 Å². The van der Waals surface area contributed by atoms with Crippen molar-refractivity contribution in [3.63, 3.8) is 0 Å². The minimum Gasteiger partial charge on any atom is -0.496 e. The lowest BCUT2D eigenvalue weighted by atomic mass is 9.81. The Balaban J connectivity index is 0.00000270. The van der Waals surface area contributed by atoms with Gasteiger partial charge in [0.15, 0.2) is 0 Å². The summed E-state index contributed by atoms with van der Waals surface area (Å²) in [4.78, 5) is 19.7. The number of nitrogens with zero attached hydrogens (tertiary/aromatic N) is 7. The lowest BCUT2D eigenvalue weighted by Gasteiger charge is -2.54. The van der Waals surface area contributed by atoms with Gasteiger partial charge in [0.25, 0.3) is 11.7 Å². The van der Waals surface area contributed by atoms with Crippen LogP contribution >= 0.6 is 24.8 Å². The molecule has 2 aliphatic rings. The monoisotopic (exact) mass is 721 g/mol. The van der Waals surface area contributed by atoms with Gasteiger partial charge in [-0.3, -0.25) is 14.6 Å². The maximum atomic E-state index is 13.7. The highest BCUT2D eigenvalue weighted by Gasteiger charge is 2.44. The van der Waals surface area contributed by atoms with Crippen molar-refractivity contribution >= 4 is 30.7 Å². The first kappa shape index (κ1) is 38.1. The van der Waals surface area contributed by atoms with E-state index in [0.717, 1.165) is 11.1 Å². The van der Waals surface area contributed by atoms with Crippen LogP contribution in [0, 0.1) is 0 Å². The molecule has 2 aliphatic heterocycles. The van der Waals surface area contributed by atoms with E-state index in [0.29, 0.717) is 55.3 Å². The molecule has 2 atom stereocenters. The first-order chi connectivity index (χ1) is 22.4. The van der Waals surface area contributed by atoms with Crippen molar-refractivity contribution in [3.8, 4) is 11.4 Å². The number of carbonyl (C=O) groups is 1. The van der Waals surface area contributed by atoms with Gasteiger partial charge in [0.05, 0.1) is 12.8 Å². The van der Waals surface area contributed by atoms with Crippen LogP contribution in [0.5, 0.6) is 5.75 Å². The zero-order valence-corrected chi connectivity index (χ0v) is 29.0. The summed E-state index contributed by atoms with van der Waals surface area (Å²) in [5, 5.41) is 20.6. The second kappa shape index (κ2) is 15.4. The maximum Gasteiger partial charge on any atom is 0.453 e. The van der Waals surface area contributed by atoms with E-state index >= 15 is 0 Å². The number of aliphatic hydroxyl groups is 1. The smallest absolute Gasteiger partial charge is 0.453 e. The lowest BCUT2D eigenvalue weighted by Crippen LogP contribution is -2.68. The molecule has 0 radical (unpaired) electrons. The van der Waals surface area contributed by atoms with Gasteiger partial charge in [-0.15, -0.1) is 29.9 Å². The van der Waals surface area contributed by atoms with E-state index in [9.17, 15) is 23.1 Å². The molecular formula is C34H40Cl2F3N7O3. The van der Waals surface area contributed by atoms with Crippen LogP contribution in [-0.4, -0.2) is 103 Å². The second-order valence-electron chi connectivity index (χ2n) is 12.7. The number of methoxy groups -OCH3 is 1. The number of rotatable bonds is 8. The average molecular weight is 723 g/mol. The van der Waals surface area contributed by atoms with Crippen molar-refractivity contribution < 1.29 is 27.8 Å². The number of hydrogen-bond donors (Lipinski definition) is 1. The molecule has 3 aromatic carbocycles. The third kappa shape index (κ3) is 8.18. The van der Waals surface area contributed by atoms with Crippen LogP contribution in [0.2, 0.25) is 0 Å². The van der Waals surface area contributed by atoms with E-state index in [1.54, 1.807) is 17.0 Å². The van der Waals surface area contributed by atoms with Gasteiger partial charge < -0.3 is 14.7 Å². The molecule has 1 aromatic heterocycles. The highest BCUT2D eigenvalue weighted by Crippen LogP contribution is 2.37. The number of halogens is 5. The van der Waals surface area contributed by atoms with Gasteiger partial charge in [-0.1, -0.05) is 60.7 Å². The number of amides is 1. The van der Waals surface area contributed by atoms with Crippen molar-refractivity contribution in [3.05, 3.63) is 101 Å². The molecule has 0 bridgehead atoms. The molecular weight excluding hydrogens is 682 g/mol. The largest absolute Gasteiger partial charge is 0.496 e. The quantitative estimate of drug-likeness (QED) is 0.276. The molecule has 6 rings (SSSR count). The maximum absolute atomic E-state index is 13.7. The van der Waals surface area contributed by atoms with Crippen LogP contribution in [0.15, 0.2) is 78.9 Å². The Morgan fingerprint density at radius 3 is 2.14 bits per heavy atom. The highest BCUT2D eigenvalue weighted by atomic mass is 35.5. The third-order valence-corrected chi connectivity index (χ3v) is 9.01. The number of alkyl halides is 3. The fraction of sp³-hybridized carbons (Fsp3) is 0.412. The van der Waals surface area contributed by atoms with Crippen LogP contribution in [0.4, 0.5) is 13.2 Å². The number of aromatic nitrogens is 4. The molecule has 1 N–H and O–H groups in total. The molecule has 2 saturated heterocycles. The minimum absolute atomic E-state index is 0. The zero-order valence-electron chi connectivity index (χ0n) is 27.3. The van der Waals surface area contributed by atoms with Gasteiger partial charge in [0.1, 0.15) is 11.4 Å². The van der Waals surface area contributed by atoms with Gasteiger partial charge in [-0.05, 0) is 53.6 Å². The van der Waals surface area contributed by atoms with E-state index in [1.807, 2.05) is 36.4 Å². The Bertz CT molecular complexity index is 1650. The molecule has 264 valence electrons. The minimum atomic E-state index is -4.73. The predicted octanol–water partition coefficient (Wildman–Crippen LogP) is 4.83. The van der Waals surface area contributed by atoms with E-state index in [2.05, 4.69) is 49.6 Å². The first-order valence-electron chi connectivity index (χ1n) is 15.6. The van der Waals surface area contributed by atoms with E-state index in [-0.39, 0.29) is 54.4 Å². The van der Waals surface area contributed by atoms with Gasteiger partial charge in [0.2, 0.25) is 0 Å². The summed E-state index contributed by atoms with van der Waals surface area (Å²) >= 11 is 0. The summed E-state index contributed by atoms with van der Waals surface area (Å²) in [6.45, 7) is 6.19. The first-order valence-corrected chi connectivity index (χ1v) is 15.6. The van der Waals surface area contributed by atoms with Crippen molar-refractivity contribution in [2.75, 3.05) is 39.8 Å². The standard InChI is InChI=1S/C34H38F3N7O3.2ClH/c1-33(2,46)32(45)42-16-17-43-27(21-42)20-41(22-28(43)30(23-10-6-4-7-11-23)24-12-8-5-9-13-24)19-25-18-26(14-15-29(25)47-3)44-31(34(35,36)37)38-39-40-44;;/h4-15,18,27-28,30,46H,16-17,19-22H2,1-3H3;2*1H/t27-,28+;;/m1../s1. The molecule has 10 nitrogen and oxygen atoms in total. The molecule has 49 heavy (non-hydrogen) atoms. The van der Waals surface area contributed by atoms with Crippen LogP contribution in [0.1, 0.15) is 42.3 Å². The molecule has 4 aromatic rings. The molecule has 0 saturated carbocycles. The molecule has 15 heteroatoms. The van der Waals surface area contributed by atoms with Crippen LogP contribution < -0.4 is 4.74 Å². The third-order valence-electron chi connectivity index (χ3n) is 9.01. The zero-order chi connectivity index (χ0) is 33.3. The Labute approximate surface area is 295 Å². The lowest BCUT2D eigenvalue weighted by molar-refractivity contribution is -0.153. The topological polar surface area (TPSA) is 99.8 Å². The van der Waals surface area contributed by atoms with Crippen LogP contribution in [-0.2, 0) is 17.5 Å². The van der Waals surface area contributed by atoms with Crippen molar-refractivity contribution in [2.24, 2.45) is 0 Å². The molecule has 0 spiro atoms. The summed E-state index contributed by atoms with van der Waals surface area (Å²) in [5.74, 6) is -0.998. The Hall–Kier alpha value is -3.75. The molecule has 2 fully saturated rings. The SMILES string of the molecule is COc1ccc(-n2nnnc2C(F)(F)F)cc1CN1C[C@@H]2CN(C(=O)C(C)(C)O)CCN2[C@H](C(c2ccccc2)c2ccccc2)C1.Cl.Cl. The number of tetrazole rings is 1. The number of piperazine rings is 2. The normalized spacial score (nSPS) is 18.7. The number of fused-ring (bicyclic) bond motifs is 1. The molecule has 3 heterocycles. The average Bonchev–Trinajstić information content (AvgIpc) is 3.56. The summed E-state index contributed by atoms with van der Waals surface area (Å²) in [5.41, 5.74) is 1.68. The van der Waals surface area contributed by atoms with Gasteiger partial charge in [-0.25, -0.2) is 0 Å². The van der Waals surface area contributed by atoms with Gasteiger partial charge >= 0.3 is 6.18 Å². The molecule has 1 amide bonds. The summed E-state index contributed by atoms with van der Waals surface area (Å²) < 4.78 is 47.3. The number of hydrogen-bond acceptors (Lipinski definition) is 8. The molecule has 0 aliphatic carbocycles. The molecule has 0 unspecified atom stereocenters. The van der Waals surface area contributed by atoms with E-state index in [1.165, 1.54) is 27.0 Å². The number of ether oxygens (including phenoxy) is 1. The Morgan fingerprint density at radius 2 is 1.57 bits per heavy atom. The summed E-state index contributed by atoms with van der Waals surface area (Å²) in [7, 11) is 1.53. The fourth-order valence-electron chi connectivity index (χ4n) is 6.96. The highest BCUT2D eigenvalue weighted by molar-refractivity contribution is 5.85. The Morgan fingerprint density at radius 1 is 0.939 bits per heavy atom. The van der Waals surface area contributed by atoms with Crippen LogP contribution in [0.3, 0.4) is 0 Å². The summed E-state index contributed by atoms with van der Waals surface area (Å²) in [6.07, 6.45) is -4.73. The van der Waals surface area contributed by atoms with Crippen molar-refractivity contribution in [1.82, 2.24) is 34.9 Å². The number of benzene rings is 3. The van der Waals surface area contributed by atoms with Crippen molar-refractivity contribution in [2.45, 2.75) is 50.2 Å². The van der Waals surface area contributed by atoms with E-state index in [4.69, 9.17) is 4.74 Å². The number of carbonyl (C=O) groups excluding carboxylic acids is 1. The Kier molecular flexibility index (Phi) is 12.0. The summed E-state index contributed by atoms with van der Waals surface area (Å²) in [6, 6.07) is 25.4. The van der Waals surface area contributed by atoms with Gasteiger partial charge in [0, 0.05) is 62.8 Å². The van der Waals surface area contributed by atoms with Gasteiger partial charge in [-0.2, -0.15) is 17.9 Å². The second-order valence-corrected chi connectivity index (χ2v) is 12.7.